The Labute approximate surface area is 134 Å². The zero-order chi connectivity index (χ0) is 15.4. The number of benzene rings is 1. The first kappa shape index (κ1) is 15.8. The molecule has 0 fully saturated rings. The molecule has 110 valence electrons. The number of carbonyl (C=O) groups is 1. The number of hydrogen-bond acceptors (Lipinski definition) is 2. The Morgan fingerprint density at radius 2 is 2.00 bits per heavy atom. The van der Waals surface area contributed by atoms with Crippen LogP contribution in [-0.4, -0.2) is 22.3 Å². The van der Waals surface area contributed by atoms with Crippen molar-refractivity contribution in [2.75, 3.05) is 6.54 Å². The van der Waals surface area contributed by atoms with E-state index in [4.69, 9.17) is 23.2 Å². The number of rotatable bonds is 4. The number of hydrogen-bond donors (Lipinski definition) is 0. The summed E-state index contributed by atoms with van der Waals surface area (Å²) in [5.74, 6) is -0.143. The fourth-order valence-electron chi connectivity index (χ4n) is 2.07. The van der Waals surface area contributed by atoms with Gasteiger partial charge in [-0.1, -0.05) is 47.5 Å². The predicted molar refractivity (Wildman–Crippen MR) is 85.9 cm³/mol. The maximum absolute atomic E-state index is 12.6. The van der Waals surface area contributed by atoms with Crippen molar-refractivity contribution < 1.29 is 4.79 Å². The molecule has 0 saturated heterocycles. The molecule has 5 heteroatoms. The topological polar surface area (TPSA) is 33.2 Å². The van der Waals surface area contributed by atoms with Gasteiger partial charge < -0.3 is 4.90 Å². The summed E-state index contributed by atoms with van der Waals surface area (Å²) in [7, 11) is 0. The lowest BCUT2D eigenvalue weighted by Gasteiger charge is -2.22. The van der Waals surface area contributed by atoms with Gasteiger partial charge in [-0.05, 0) is 31.0 Å². The number of aromatic nitrogens is 1. The third kappa shape index (κ3) is 3.74. The first-order chi connectivity index (χ1) is 10.0. The molecule has 2 rings (SSSR count). The molecule has 1 heterocycles. The summed E-state index contributed by atoms with van der Waals surface area (Å²) >= 11 is 11.9. The second-order valence-corrected chi connectivity index (χ2v) is 5.53. The van der Waals surface area contributed by atoms with Crippen LogP contribution in [0.1, 0.15) is 28.4 Å². The number of aryl methyl sites for hydroxylation is 1. The first-order valence-corrected chi connectivity index (χ1v) is 7.43. The fourth-order valence-corrected chi connectivity index (χ4v) is 2.41. The van der Waals surface area contributed by atoms with Crippen LogP contribution in [0.3, 0.4) is 0 Å². The Bertz CT molecular complexity index is 658. The molecular formula is C16H16Cl2N2O. The number of halogens is 2. The van der Waals surface area contributed by atoms with Crippen LogP contribution >= 0.6 is 23.2 Å². The molecule has 0 N–H and O–H groups in total. The molecule has 0 aliphatic heterocycles. The van der Waals surface area contributed by atoms with Crippen molar-refractivity contribution in [2.45, 2.75) is 20.4 Å². The van der Waals surface area contributed by atoms with Crippen molar-refractivity contribution >= 4 is 29.1 Å². The van der Waals surface area contributed by atoms with Crippen LogP contribution in [0.15, 0.2) is 36.5 Å². The molecule has 21 heavy (non-hydrogen) atoms. The van der Waals surface area contributed by atoms with Crippen LogP contribution in [0.2, 0.25) is 10.2 Å². The largest absolute Gasteiger partial charge is 0.335 e. The highest BCUT2D eigenvalue weighted by molar-refractivity contribution is 6.35. The minimum absolute atomic E-state index is 0.143. The number of carbonyl (C=O) groups excluding carboxylic acids is 1. The minimum atomic E-state index is -0.143. The Hall–Kier alpha value is -1.58. The molecule has 0 spiro atoms. The Kier molecular flexibility index (Phi) is 5.21. The quantitative estimate of drug-likeness (QED) is 0.783. The standard InChI is InChI=1S/C16H16Cl2N2O/c1-3-20(10-12-7-5-4-6-11(12)2)16(21)13-8-15(18)19-9-14(13)17/h4-9H,3,10H2,1-2H3. The zero-order valence-corrected chi connectivity index (χ0v) is 13.4. The van der Waals surface area contributed by atoms with E-state index < -0.39 is 0 Å². The molecule has 0 atom stereocenters. The zero-order valence-electron chi connectivity index (χ0n) is 11.9. The van der Waals surface area contributed by atoms with Gasteiger partial charge in [0.25, 0.3) is 5.91 Å². The van der Waals surface area contributed by atoms with E-state index in [0.29, 0.717) is 23.7 Å². The van der Waals surface area contributed by atoms with Crippen molar-refractivity contribution in [1.82, 2.24) is 9.88 Å². The highest BCUT2D eigenvalue weighted by Crippen LogP contribution is 2.21. The van der Waals surface area contributed by atoms with Crippen molar-refractivity contribution in [3.63, 3.8) is 0 Å². The highest BCUT2D eigenvalue weighted by atomic mass is 35.5. The second-order valence-electron chi connectivity index (χ2n) is 4.73. The summed E-state index contributed by atoms with van der Waals surface area (Å²) in [6, 6.07) is 9.51. The molecule has 1 amide bonds. The van der Waals surface area contributed by atoms with Gasteiger partial charge >= 0.3 is 0 Å². The maximum atomic E-state index is 12.6. The fraction of sp³-hybridized carbons (Fsp3) is 0.250. The lowest BCUT2D eigenvalue weighted by molar-refractivity contribution is 0.0752. The molecule has 1 aromatic carbocycles. The van der Waals surface area contributed by atoms with Gasteiger partial charge in [-0.15, -0.1) is 0 Å². The van der Waals surface area contributed by atoms with Crippen LogP contribution in [0.25, 0.3) is 0 Å². The van der Waals surface area contributed by atoms with Gasteiger partial charge in [0.2, 0.25) is 0 Å². The van der Waals surface area contributed by atoms with Gasteiger partial charge in [-0.3, -0.25) is 4.79 Å². The summed E-state index contributed by atoms with van der Waals surface area (Å²) < 4.78 is 0. The molecule has 0 bridgehead atoms. The van der Waals surface area contributed by atoms with Gasteiger partial charge in [-0.25, -0.2) is 4.98 Å². The van der Waals surface area contributed by atoms with Crippen LogP contribution in [0, 0.1) is 6.92 Å². The maximum Gasteiger partial charge on any atom is 0.255 e. The molecule has 0 radical (unpaired) electrons. The van der Waals surface area contributed by atoms with Gasteiger partial charge in [0.1, 0.15) is 5.15 Å². The average molecular weight is 323 g/mol. The van der Waals surface area contributed by atoms with Gasteiger partial charge in [0, 0.05) is 19.3 Å². The number of amides is 1. The van der Waals surface area contributed by atoms with E-state index >= 15 is 0 Å². The average Bonchev–Trinajstić information content (AvgIpc) is 2.48. The van der Waals surface area contributed by atoms with Crippen LogP contribution in [0.5, 0.6) is 0 Å². The molecule has 3 nitrogen and oxygen atoms in total. The molecule has 0 aliphatic carbocycles. The highest BCUT2D eigenvalue weighted by Gasteiger charge is 2.18. The summed E-state index contributed by atoms with van der Waals surface area (Å²) in [5.41, 5.74) is 2.65. The Morgan fingerprint density at radius 3 is 2.67 bits per heavy atom. The molecule has 0 unspecified atom stereocenters. The van der Waals surface area contributed by atoms with E-state index in [9.17, 15) is 4.79 Å². The van der Waals surface area contributed by atoms with E-state index in [1.807, 2.05) is 38.1 Å². The summed E-state index contributed by atoms with van der Waals surface area (Å²) in [6.45, 7) is 5.10. The molecule has 2 aromatic rings. The normalized spacial score (nSPS) is 10.5. The van der Waals surface area contributed by atoms with E-state index in [1.165, 1.54) is 12.3 Å². The lowest BCUT2D eigenvalue weighted by Crippen LogP contribution is -2.30. The molecule has 0 aliphatic rings. The summed E-state index contributed by atoms with van der Waals surface area (Å²) in [6.07, 6.45) is 1.40. The third-order valence-corrected chi connectivity index (χ3v) is 3.85. The van der Waals surface area contributed by atoms with E-state index in [1.54, 1.807) is 4.90 Å². The van der Waals surface area contributed by atoms with E-state index in [-0.39, 0.29) is 11.1 Å². The van der Waals surface area contributed by atoms with Crippen LogP contribution in [0.4, 0.5) is 0 Å². The van der Waals surface area contributed by atoms with Crippen molar-refractivity contribution in [3.05, 3.63) is 63.4 Å². The monoisotopic (exact) mass is 322 g/mol. The van der Waals surface area contributed by atoms with Gasteiger partial charge in [0.15, 0.2) is 0 Å². The smallest absolute Gasteiger partial charge is 0.255 e. The first-order valence-electron chi connectivity index (χ1n) is 6.67. The van der Waals surface area contributed by atoms with E-state index in [0.717, 1.165) is 11.1 Å². The number of nitrogens with zero attached hydrogens (tertiary/aromatic N) is 2. The third-order valence-electron chi connectivity index (χ3n) is 3.34. The van der Waals surface area contributed by atoms with Gasteiger partial charge in [-0.2, -0.15) is 0 Å². The van der Waals surface area contributed by atoms with E-state index in [2.05, 4.69) is 4.98 Å². The lowest BCUT2D eigenvalue weighted by atomic mass is 10.1. The van der Waals surface area contributed by atoms with Crippen molar-refractivity contribution in [1.29, 1.82) is 0 Å². The Morgan fingerprint density at radius 1 is 1.29 bits per heavy atom. The minimum Gasteiger partial charge on any atom is -0.335 e. The number of pyridine rings is 1. The Balaban J connectivity index is 2.27. The van der Waals surface area contributed by atoms with Crippen molar-refractivity contribution in [2.24, 2.45) is 0 Å². The second kappa shape index (κ2) is 6.92. The van der Waals surface area contributed by atoms with Crippen LogP contribution in [-0.2, 0) is 6.54 Å². The van der Waals surface area contributed by atoms with Gasteiger partial charge in [0.05, 0.1) is 10.6 Å². The summed E-state index contributed by atoms with van der Waals surface area (Å²) in [5, 5.41) is 0.572. The molecule has 1 aromatic heterocycles. The van der Waals surface area contributed by atoms with Crippen molar-refractivity contribution in [3.8, 4) is 0 Å². The van der Waals surface area contributed by atoms with Crippen LogP contribution < -0.4 is 0 Å². The summed E-state index contributed by atoms with van der Waals surface area (Å²) in [4.78, 5) is 18.2. The molecular weight excluding hydrogens is 307 g/mol. The predicted octanol–water partition coefficient (Wildman–Crippen LogP) is 4.36. The SMILES string of the molecule is CCN(Cc1ccccc1C)C(=O)c1cc(Cl)ncc1Cl. The molecule has 0 saturated carbocycles.